The van der Waals surface area contributed by atoms with Gasteiger partial charge in [0.25, 0.3) is 5.91 Å². The summed E-state index contributed by atoms with van der Waals surface area (Å²) in [5.41, 5.74) is 0.571. The molecule has 0 radical (unpaired) electrons. The fourth-order valence-corrected chi connectivity index (χ4v) is 4.96. The maximum atomic E-state index is 14.0. The molecule has 188 valence electrons. The number of rotatable bonds is 10. The van der Waals surface area contributed by atoms with E-state index in [1.165, 1.54) is 29.7 Å². The van der Waals surface area contributed by atoms with Crippen molar-refractivity contribution >= 4 is 28.6 Å². The Hall–Kier alpha value is -2.91. The predicted molar refractivity (Wildman–Crippen MR) is 131 cm³/mol. The van der Waals surface area contributed by atoms with E-state index in [0.717, 1.165) is 6.07 Å². The van der Waals surface area contributed by atoms with Gasteiger partial charge in [0.1, 0.15) is 16.6 Å². The number of allylic oxidation sites excluding steroid dienone is 2. The van der Waals surface area contributed by atoms with Crippen LogP contribution in [0.15, 0.2) is 41.8 Å². The van der Waals surface area contributed by atoms with Crippen molar-refractivity contribution in [1.29, 1.82) is 0 Å². The maximum Gasteiger partial charge on any atom is 0.254 e. The van der Waals surface area contributed by atoms with E-state index in [9.17, 15) is 23.5 Å². The van der Waals surface area contributed by atoms with Crippen molar-refractivity contribution in [3.63, 3.8) is 0 Å². The highest BCUT2D eigenvalue weighted by molar-refractivity contribution is 7.13. The molecule has 0 saturated heterocycles. The number of carbonyl (C=O) groups is 2. The van der Waals surface area contributed by atoms with Crippen LogP contribution in [0.4, 0.5) is 8.78 Å². The lowest BCUT2D eigenvalue weighted by Crippen LogP contribution is -2.45. The van der Waals surface area contributed by atoms with Crippen molar-refractivity contribution in [2.45, 2.75) is 46.1 Å². The first-order valence-corrected chi connectivity index (χ1v) is 12.3. The average Bonchev–Trinajstić information content (AvgIpc) is 3.27. The summed E-state index contributed by atoms with van der Waals surface area (Å²) >= 11 is 1.19. The van der Waals surface area contributed by atoms with Crippen LogP contribution in [-0.4, -0.2) is 53.0 Å². The van der Waals surface area contributed by atoms with Gasteiger partial charge in [-0.15, -0.1) is 11.3 Å². The Bertz CT molecular complexity index is 1160. The van der Waals surface area contributed by atoms with Gasteiger partial charge in [0.05, 0.1) is 23.8 Å². The minimum atomic E-state index is -0.669. The summed E-state index contributed by atoms with van der Waals surface area (Å²) in [6.45, 7) is 6.78. The molecule has 9 heteroatoms. The first-order chi connectivity index (χ1) is 16.7. The molecule has 35 heavy (non-hydrogen) atoms. The molecule has 1 aliphatic carbocycles. The Labute approximate surface area is 207 Å². The summed E-state index contributed by atoms with van der Waals surface area (Å²) in [6, 6.07) is 3.21. The lowest BCUT2D eigenvalue weighted by molar-refractivity contribution is -0.132. The number of ether oxygens (including phenoxy) is 1. The molecule has 2 aromatic rings. The lowest BCUT2D eigenvalue weighted by atomic mass is 9.94. The van der Waals surface area contributed by atoms with Crippen molar-refractivity contribution < 1.29 is 28.2 Å². The fraction of sp³-hybridized carbons (Fsp3) is 0.423. The third kappa shape index (κ3) is 6.21. The lowest BCUT2D eigenvalue weighted by Gasteiger charge is -2.33. The van der Waals surface area contributed by atoms with E-state index in [0.29, 0.717) is 35.0 Å². The van der Waals surface area contributed by atoms with E-state index in [1.807, 2.05) is 20.8 Å². The van der Waals surface area contributed by atoms with Gasteiger partial charge in [0.15, 0.2) is 5.76 Å². The minimum Gasteiger partial charge on any atom is -0.504 e. The molecule has 0 fully saturated rings. The summed E-state index contributed by atoms with van der Waals surface area (Å²) in [7, 11) is 1.57. The predicted octanol–water partition coefficient (Wildman–Crippen LogP) is 5.09. The number of hydrogen-bond acceptors (Lipinski definition) is 6. The second-order valence-electron chi connectivity index (χ2n) is 8.89. The summed E-state index contributed by atoms with van der Waals surface area (Å²) in [5, 5.41) is 11.1. The summed E-state index contributed by atoms with van der Waals surface area (Å²) in [6.07, 6.45) is 4.08. The Morgan fingerprint density at radius 2 is 2.06 bits per heavy atom. The number of aromatic nitrogens is 1. The van der Waals surface area contributed by atoms with E-state index in [4.69, 9.17) is 4.74 Å². The zero-order valence-corrected chi connectivity index (χ0v) is 21.1. The van der Waals surface area contributed by atoms with E-state index in [-0.39, 0.29) is 41.9 Å². The number of benzene rings is 1. The van der Waals surface area contributed by atoms with Crippen molar-refractivity contribution in [1.82, 2.24) is 9.88 Å². The number of halogens is 2. The Balaban J connectivity index is 1.80. The van der Waals surface area contributed by atoms with E-state index in [1.54, 1.807) is 18.1 Å². The number of methoxy groups -OCH3 is 1. The number of amides is 1. The summed E-state index contributed by atoms with van der Waals surface area (Å²) in [5.74, 6) is -2.73. The van der Waals surface area contributed by atoms with Crippen molar-refractivity contribution in [3.8, 4) is 0 Å². The Morgan fingerprint density at radius 1 is 1.31 bits per heavy atom. The Morgan fingerprint density at radius 3 is 2.69 bits per heavy atom. The number of Topliss-reactive ketones (excluding diaryl/α,β-unsaturated/α-hetero) is 1. The molecule has 3 rings (SSSR count). The number of ketones is 1. The third-order valence-corrected chi connectivity index (χ3v) is 6.80. The molecule has 0 saturated carbocycles. The molecule has 1 heterocycles. The van der Waals surface area contributed by atoms with Crippen molar-refractivity contribution in [3.05, 3.63) is 68.9 Å². The maximum absolute atomic E-state index is 14.0. The molecule has 1 unspecified atom stereocenters. The highest BCUT2D eigenvalue weighted by Crippen LogP contribution is 2.32. The van der Waals surface area contributed by atoms with Gasteiger partial charge in [-0.05, 0) is 24.0 Å². The number of thiazole rings is 1. The molecule has 1 N–H and O–H groups in total. The van der Waals surface area contributed by atoms with Gasteiger partial charge in [-0.2, -0.15) is 0 Å². The monoisotopic (exact) mass is 504 g/mol. The normalized spacial score (nSPS) is 14.9. The average molecular weight is 505 g/mol. The zero-order chi connectivity index (χ0) is 25.7. The van der Waals surface area contributed by atoms with E-state index >= 15 is 0 Å². The molecule has 0 spiro atoms. The quantitative estimate of drug-likeness (QED) is 0.488. The third-order valence-electron chi connectivity index (χ3n) is 5.77. The van der Waals surface area contributed by atoms with E-state index in [2.05, 4.69) is 4.98 Å². The molecule has 0 bridgehead atoms. The highest BCUT2D eigenvalue weighted by Gasteiger charge is 2.33. The minimum absolute atomic E-state index is 0.0547. The van der Waals surface area contributed by atoms with Gasteiger partial charge in [0.2, 0.25) is 5.78 Å². The molecule has 1 aromatic carbocycles. The van der Waals surface area contributed by atoms with Crippen LogP contribution in [-0.2, 0) is 20.7 Å². The second-order valence-corrected chi connectivity index (χ2v) is 10.0. The van der Waals surface area contributed by atoms with Crippen LogP contribution in [0.1, 0.15) is 49.1 Å². The van der Waals surface area contributed by atoms with Crippen LogP contribution in [0.3, 0.4) is 0 Å². The van der Waals surface area contributed by atoms with Gasteiger partial charge in [-0.3, -0.25) is 9.59 Å². The molecular formula is C26H30F2N2O4S. The molecule has 1 atom stereocenters. The van der Waals surface area contributed by atoms with Gasteiger partial charge in [-0.1, -0.05) is 32.9 Å². The summed E-state index contributed by atoms with van der Waals surface area (Å²) < 4.78 is 32.4. The topological polar surface area (TPSA) is 79.7 Å². The molecular weight excluding hydrogens is 474 g/mol. The van der Waals surface area contributed by atoms with Crippen molar-refractivity contribution in [2.75, 3.05) is 20.3 Å². The van der Waals surface area contributed by atoms with Crippen LogP contribution in [0, 0.1) is 17.6 Å². The molecule has 1 aromatic heterocycles. The van der Waals surface area contributed by atoms with Crippen LogP contribution in [0.5, 0.6) is 0 Å². The van der Waals surface area contributed by atoms with Crippen molar-refractivity contribution in [2.24, 2.45) is 5.92 Å². The van der Waals surface area contributed by atoms with Gasteiger partial charge < -0.3 is 14.7 Å². The van der Waals surface area contributed by atoms with Crippen LogP contribution >= 0.6 is 11.3 Å². The largest absolute Gasteiger partial charge is 0.504 e. The first-order valence-electron chi connectivity index (χ1n) is 11.5. The van der Waals surface area contributed by atoms with Gasteiger partial charge in [0, 0.05) is 43.6 Å². The van der Waals surface area contributed by atoms with E-state index < -0.39 is 23.2 Å². The van der Waals surface area contributed by atoms with Gasteiger partial charge in [-0.25, -0.2) is 13.8 Å². The smallest absolute Gasteiger partial charge is 0.254 e. The van der Waals surface area contributed by atoms with Crippen LogP contribution in [0.2, 0.25) is 0 Å². The first kappa shape index (κ1) is 26.7. The SMILES string of the molecule is CCC(COC)N(CC(C)C)C(=O)C1=C(O)C(=O)C(c2ncc(Cc3ccc(F)cc3F)s2)=CC1. The second kappa shape index (κ2) is 11.7. The van der Waals surface area contributed by atoms with Crippen LogP contribution in [0.25, 0.3) is 5.57 Å². The highest BCUT2D eigenvalue weighted by atomic mass is 32.1. The zero-order valence-electron chi connectivity index (χ0n) is 20.3. The number of aliphatic hydroxyl groups excluding tert-OH is 1. The standard InChI is InChI=1S/C26H30F2N2O4S/c1-5-18(14-34-4)30(13-15(2)3)26(33)21-9-8-20(23(31)24(21)32)25-29-12-19(35-25)10-16-6-7-17(27)11-22(16)28/h6-8,11-12,15,18,32H,5,9-10,13-14H2,1-4H3. The Kier molecular flexibility index (Phi) is 8.91. The van der Waals surface area contributed by atoms with Gasteiger partial charge >= 0.3 is 0 Å². The number of aliphatic hydroxyl groups is 1. The molecule has 1 aliphatic rings. The van der Waals surface area contributed by atoms with Crippen LogP contribution < -0.4 is 0 Å². The number of carbonyl (C=O) groups excluding carboxylic acids is 2. The summed E-state index contributed by atoms with van der Waals surface area (Å²) in [4.78, 5) is 33.0. The molecule has 0 aliphatic heterocycles. The fourth-order valence-electron chi connectivity index (χ4n) is 3.98. The number of nitrogens with zero attached hydrogens (tertiary/aromatic N) is 2. The number of hydrogen-bond donors (Lipinski definition) is 1. The molecule has 6 nitrogen and oxygen atoms in total. The molecule has 1 amide bonds.